The van der Waals surface area contributed by atoms with Gasteiger partial charge in [0.1, 0.15) is 28.5 Å². The lowest BCUT2D eigenvalue weighted by atomic mass is 10.2. The number of hydrogen-bond acceptors (Lipinski definition) is 16. The minimum atomic E-state index is -1.22. The third-order valence-electron chi connectivity index (χ3n) is 8.89. The molecule has 64 heavy (non-hydrogen) atoms. The van der Waals surface area contributed by atoms with Crippen molar-refractivity contribution >= 4 is 29.8 Å². The summed E-state index contributed by atoms with van der Waals surface area (Å²) in [5.74, 6) is -5.06. The fourth-order valence-corrected chi connectivity index (χ4v) is 6.19. The Morgan fingerprint density at radius 2 is 0.859 bits per heavy atom. The second kappa shape index (κ2) is 24.4. The molecule has 0 spiro atoms. The summed E-state index contributed by atoms with van der Waals surface area (Å²) in [6.45, 7) is 1.99. The minimum absolute atomic E-state index is 0.0606. The van der Waals surface area contributed by atoms with Crippen LogP contribution in [-0.2, 0) is 53.5 Å². The van der Waals surface area contributed by atoms with Crippen LogP contribution < -0.4 is 15.8 Å². The third-order valence-corrected chi connectivity index (χ3v) is 8.89. The summed E-state index contributed by atoms with van der Waals surface area (Å²) in [6.07, 6.45) is 0. The lowest BCUT2D eigenvalue weighted by Gasteiger charge is -2.24. The Bertz CT molecular complexity index is 2140. The molecule has 7 N–H and O–H groups in total. The van der Waals surface area contributed by atoms with Crippen molar-refractivity contribution < 1.29 is 58.6 Å². The van der Waals surface area contributed by atoms with Gasteiger partial charge >= 0.3 is 23.9 Å². The van der Waals surface area contributed by atoms with Crippen LogP contribution in [0.25, 0.3) is 0 Å². The molecule has 0 unspecified atom stereocenters. The molecule has 0 bridgehead atoms. The Balaban J connectivity index is 1.46. The lowest BCUT2D eigenvalue weighted by Crippen LogP contribution is -2.32. The molecule has 0 aliphatic carbocycles. The van der Waals surface area contributed by atoms with Crippen LogP contribution >= 0.6 is 0 Å². The SMILES string of the molecule is NCCOCCOCCNC(=O)COc1cc(CN(Cc2cccc(C(=O)O)n2)Cc2cccc(C(=O)O)n2)nc(CN(Cc2cccc(C(=O)O)n2)Cc2cccc(C(=O)O)n2)c1. The Morgan fingerprint density at radius 1 is 0.500 bits per heavy atom. The molecule has 21 heteroatoms. The Morgan fingerprint density at radius 3 is 1.22 bits per heavy atom. The largest absolute Gasteiger partial charge is 0.484 e. The maximum absolute atomic E-state index is 12.9. The molecule has 0 saturated carbocycles. The molecule has 0 aromatic carbocycles. The summed E-state index contributed by atoms with van der Waals surface area (Å²) in [4.78, 5) is 85.7. The van der Waals surface area contributed by atoms with Gasteiger partial charge in [-0.1, -0.05) is 24.3 Å². The highest BCUT2D eigenvalue weighted by atomic mass is 16.5. The highest BCUT2D eigenvalue weighted by Crippen LogP contribution is 2.21. The first-order chi connectivity index (χ1) is 30.8. The van der Waals surface area contributed by atoms with E-state index in [4.69, 9.17) is 24.9 Å². The third kappa shape index (κ3) is 15.9. The zero-order chi connectivity index (χ0) is 45.8. The number of aromatic nitrogens is 5. The van der Waals surface area contributed by atoms with Gasteiger partial charge in [-0.3, -0.25) is 19.6 Å². The van der Waals surface area contributed by atoms with Gasteiger partial charge in [-0.2, -0.15) is 0 Å². The quantitative estimate of drug-likeness (QED) is 0.0412. The normalized spacial score (nSPS) is 11.1. The van der Waals surface area contributed by atoms with E-state index in [2.05, 4.69) is 25.3 Å². The number of nitrogens with two attached hydrogens (primary N) is 1. The lowest BCUT2D eigenvalue weighted by molar-refractivity contribution is -0.123. The summed E-state index contributed by atoms with van der Waals surface area (Å²) in [7, 11) is 0. The Hall–Kier alpha value is -7.30. The summed E-state index contributed by atoms with van der Waals surface area (Å²) < 4.78 is 16.7. The van der Waals surface area contributed by atoms with E-state index in [9.17, 15) is 44.4 Å². The molecule has 0 aliphatic heterocycles. The summed E-state index contributed by atoms with van der Waals surface area (Å²) in [6, 6.07) is 21.5. The van der Waals surface area contributed by atoms with Crippen LogP contribution in [0.5, 0.6) is 5.75 Å². The van der Waals surface area contributed by atoms with Gasteiger partial charge in [0.05, 0.1) is 60.6 Å². The number of carbonyl (C=O) groups excluding carboxylic acids is 1. The molecule has 5 rings (SSSR count). The average molecular weight is 882 g/mol. The average Bonchev–Trinajstić information content (AvgIpc) is 3.26. The number of ether oxygens (including phenoxy) is 3. The predicted molar refractivity (Wildman–Crippen MR) is 224 cm³/mol. The van der Waals surface area contributed by atoms with Crippen LogP contribution in [-0.4, -0.2) is 131 Å². The van der Waals surface area contributed by atoms with E-state index in [-0.39, 0.29) is 87.6 Å². The molecule has 1 amide bonds. The van der Waals surface area contributed by atoms with E-state index in [1.807, 2.05) is 9.80 Å². The van der Waals surface area contributed by atoms with Crippen LogP contribution in [0.4, 0.5) is 0 Å². The van der Waals surface area contributed by atoms with E-state index in [0.717, 1.165) is 0 Å². The molecule has 5 aromatic rings. The monoisotopic (exact) mass is 881 g/mol. The molecule has 0 fully saturated rings. The molecule has 0 saturated heterocycles. The fraction of sp³-hybridized carbons (Fsp3) is 0.302. The molecular weight excluding hydrogens is 835 g/mol. The maximum atomic E-state index is 12.9. The Labute approximate surface area is 366 Å². The van der Waals surface area contributed by atoms with E-state index in [1.54, 1.807) is 60.7 Å². The molecule has 0 radical (unpaired) electrons. The van der Waals surface area contributed by atoms with E-state index < -0.39 is 29.8 Å². The number of rotatable bonds is 27. The molecule has 5 aromatic heterocycles. The van der Waals surface area contributed by atoms with E-state index in [0.29, 0.717) is 60.5 Å². The fourth-order valence-electron chi connectivity index (χ4n) is 6.19. The first-order valence-electron chi connectivity index (χ1n) is 19.8. The van der Waals surface area contributed by atoms with Gasteiger partial charge in [0, 0.05) is 64.5 Å². The number of hydrogen-bond donors (Lipinski definition) is 6. The van der Waals surface area contributed by atoms with Crippen molar-refractivity contribution in [3.8, 4) is 5.75 Å². The second-order valence-corrected chi connectivity index (χ2v) is 14.0. The molecule has 5 heterocycles. The molecular formula is C43H47N9O12. The number of carboxylic acids is 4. The zero-order valence-corrected chi connectivity index (χ0v) is 34.5. The number of pyridine rings is 5. The number of aromatic carboxylic acids is 4. The smallest absolute Gasteiger partial charge is 0.354 e. The van der Waals surface area contributed by atoms with Crippen molar-refractivity contribution in [3.63, 3.8) is 0 Å². The van der Waals surface area contributed by atoms with Gasteiger partial charge in [-0.05, 0) is 48.5 Å². The van der Waals surface area contributed by atoms with Gasteiger partial charge in [0.15, 0.2) is 6.61 Å². The summed E-state index contributed by atoms with van der Waals surface area (Å²) >= 11 is 0. The van der Waals surface area contributed by atoms with E-state index >= 15 is 0 Å². The van der Waals surface area contributed by atoms with Crippen LogP contribution in [0.15, 0.2) is 84.9 Å². The van der Waals surface area contributed by atoms with Crippen molar-refractivity contribution in [2.75, 3.05) is 46.1 Å². The predicted octanol–water partition coefficient (Wildman–Crippen LogP) is 2.35. The van der Waals surface area contributed by atoms with Gasteiger partial charge in [-0.15, -0.1) is 0 Å². The highest BCUT2D eigenvalue weighted by Gasteiger charge is 2.19. The zero-order valence-electron chi connectivity index (χ0n) is 34.5. The Kier molecular flexibility index (Phi) is 18.2. The van der Waals surface area contributed by atoms with Crippen LogP contribution in [0.1, 0.15) is 76.1 Å². The van der Waals surface area contributed by atoms with Gasteiger partial charge < -0.3 is 45.7 Å². The van der Waals surface area contributed by atoms with Gasteiger partial charge in [0.25, 0.3) is 5.91 Å². The number of nitrogens with one attached hydrogen (secondary N) is 1. The number of carbonyl (C=O) groups is 5. The summed E-state index contributed by atoms with van der Waals surface area (Å²) in [5, 5.41) is 41.2. The van der Waals surface area contributed by atoms with Crippen molar-refractivity contribution in [2.24, 2.45) is 5.73 Å². The first kappa shape index (κ1) is 47.7. The number of amides is 1. The van der Waals surface area contributed by atoms with Crippen molar-refractivity contribution in [3.05, 3.63) is 142 Å². The van der Waals surface area contributed by atoms with Gasteiger partial charge in [-0.25, -0.2) is 39.1 Å². The molecule has 0 aliphatic rings. The maximum Gasteiger partial charge on any atom is 0.354 e. The van der Waals surface area contributed by atoms with Crippen molar-refractivity contribution in [1.29, 1.82) is 0 Å². The number of nitrogens with zero attached hydrogens (tertiary/aromatic N) is 7. The second-order valence-electron chi connectivity index (χ2n) is 14.0. The summed E-state index contributed by atoms with van der Waals surface area (Å²) in [5.41, 5.74) is 7.12. The van der Waals surface area contributed by atoms with Crippen LogP contribution in [0.2, 0.25) is 0 Å². The van der Waals surface area contributed by atoms with Crippen molar-refractivity contribution in [2.45, 2.75) is 39.3 Å². The number of carboxylic acid groups (broad SMARTS) is 4. The first-order valence-corrected chi connectivity index (χ1v) is 19.8. The van der Waals surface area contributed by atoms with Gasteiger partial charge in [0.2, 0.25) is 0 Å². The topological polar surface area (TPSA) is 303 Å². The van der Waals surface area contributed by atoms with E-state index in [1.165, 1.54) is 24.3 Å². The van der Waals surface area contributed by atoms with Crippen LogP contribution in [0.3, 0.4) is 0 Å². The van der Waals surface area contributed by atoms with Crippen molar-refractivity contribution in [1.82, 2.24) is 40.0 Å². The standard InChI is InChI=1S/C43H47N9O12/c44-13-15-62-17-18-63-16-14-45-39(53)27-64-34-19-32(25-51(21-28-5-1-9-35(47-28)40(54)55)22-29-6-2-10-36(48-29)41(56)57)46-33(20-34)26-52(23-30-7-3-11-37(49-30)42(58)59)24-31-8-4-12-38(50-31)43(60)61/h1-12,19-20H,13-18,21-27,44H2,(H,45,53)(H,54,55)(H,56,57)(H,58,59)(H,60,61). The molecule has 336 valence electrons. The highest BCUT2D eigenvalue weighted by molar-refractivity contribution is 5.86. The van der Waals surface area contributed by atoms with Crippen LogP contribution in [0, 0.1) is 0 Å². The molecule has 0 atom stereocenters. The molecule has 21 nitrogen and oxygen atoms in total. The minimum Gasteiger partial charge on any atom is -0.484 e.